The number of ether oxygens (including phenoxy) is 1. The van der Waals surface area contributed by atoms with E-state index in [9.17, 15) is 9.59 Å². The minimum atomic E-state index is -0.933. The number of aliphatic carboxylic acids is 1. The van der Waals surface area contributed by atoms with Gasteiger partial charge in [-0.1, -0.05) is 6.08 Å². The van der Waals surface area contributed by atoms with Crippen molar-refractivity contribution >= 4 is 11.9 Å². The Labute approximate surface area is 88.9 Å². The van der Waals surface area contributed by atoms with E-state index in [-0.39, 0.29) is 18.0 Å². The Morgan fingerprint density at radius 3 is 2.73 bits per heavy atom. The predicted octanol–water partition coefficient (Wildman–Crippen LogP) is 1.75. The van der Waals surface area contributed by atoms with Gasteiger partial charge in [-0.25, -0.2) is 4.79 Å². The van der Waals surface area contributed by atoms with Crippen molar-refractivity contribution in [1.82, 2.24) is 0 Å². The van der Waals surface area contributed by atoms with Crippen LogP contribution >= 0.6 is 0 Å². The molecule has 0 aromatic rings. The van der Waals surface area contributed by atoms with Gasteiger partial charge in [-0.3, -0.25) is 4.79 Å². The van der Waals surface area contributed by atoms with Crippen molar-refractivity contribution in [1.29, 1.82) is 0 Å². The Balaban J connectivity index is 2.56. The van der Waals surface area contributed by atoms with E-state index < -0.39 is 5.97 Å². The van der Waals surface area contributed by atoms with E-state index in [4.69, 9.17) is 9.84 Å². The smallest absolute Gasteiger partial charge is 0.331 e. The predicted molar refractivity (Wildman–Crippen MR) is 54.3 cm³/mol. The number of carbonyl (C=O) groups is 2. The minimum Gasteiger partial charge on any atom is -0.478 e. The number of esters is 1. The van der Waals surface area contributed by atoms with Crippen molar-refractivity contribution < 1.29 is 19.4 Å². The van der Waals surface area contributed by atoms with Gasteiger partial charge >= 0.3 is 11.9 Å². The molecule has 84 valence electrons. The molecule has 4 heteroatoms. The largest absolute Gasteiger partial charge is 0.478 e. The topological polar surface area (TPSA) is 63.6 Å². The molecular formula is C11H16O4. The Bertz CT molecular complexity index is 291. The Morgan fingerprint density at radius 1 is 1.53 bits per heavy atom. The van der Waals surface area contributed by atoms with Crippen molar-refractivity contribution in [3.63, 3.8) is 0 Å². The molecule has 0 saturated heterocycles. The number of hydrogen-bond acceptors (Lipinski definition) is 3. The molecule has 0 bridgehead atoms. The molecule has 15 heavy (non-hydrogen) atoms. The van der Waals surface area contributed by atoms with Gasteiger partial charge in [0, 0.05) is 5.57 Å². The minimum absolute atomic E-state index is 0.142. The first-order chi connectivity index (χ1) is 7.00. The van der Waals surface area contributed by atoms with Crippen LogP contribution in [0.15, 0.2) is 11.6 Å². The third-order valence-corrected chi connectivity index (χ3v) is 2.33. The molecule has 0 amide bonds. The molecule has 0 spiro atoms. The summed E-state index contributed by atoms with van der Waals surface area (Å²) in [5.41, 5.74) is 0.326. The zero-order chi connectivity index (χ0) is 11.4. The first kappa shape index (κ1) is 11.8. The average Bonchev–Trinajstić information content (AvgIpc) is 2.17. The maximum Gasteiger partial charge on any atom is 0.331 e. The molecule has 0 heterocycles. The van der Waals surface area contributed by atoms with Crippen LogP contribution in [-0.2, 0) is 14.3 Å². The third kappa shape index (κ3) is 3.38. The van der Waals surface area contributed by atoms with Gasteiger partial charge in [0.25, 0.3) is 0 Å². The molecule has 0 aliphatic heterocycles. The summed E-state index contributed by atoms with van der Waals surface area (Å²) in [7, 11) is 0. The lowest BCUT2D eigenvalue weighted by molar-refractivity contribution is -0.152. The molecule has 1 rings (SSSR count). The molecule has 1 aliphatic carbocycles. The van der Waals surface area contributed by atoms with Crippen LogP contribution in [0.5, 0.6) is 0 Å². The molecular weight excluding hydrogens is 196 g/mol. The maximum atomic E-state index is 11.5. The SMILES string of the molecule is CC(C)OC(=O)C1CCC=C(C(=O)O)C1. The normalized spacial score (nSPS) is 21.0. The maximum absolute atomic E-state index is 11.5. The average molecular weight is 212 g/mol. The van der Waals surface area contributed by atoms with Crippen LogP contribution in [-0.4, -0.2) is 23.1 Å². The van der Waals surface area contributed by atoms with E-state index in [0.717, 1.165) is 0 Å². The highest BCUT2D eigenvalue weighted by atomic mass is 16.5. The van der Waals surface area contributed by atoms with Crippen molar-refractivity contribution in [2.24, 2.45) is 5.92 Å². The van der Waals surface area contributed by atoms with Gasteiger partial charge in [0.1, 0.15) is 0 Å². The summed E-state index contributed by atoms with van der Waals surface area (Å²) in [5, 5.41) is 8.80. The highest BCUT2D eigenvalue weighted by Gasteiger charge is 2.26. The standard InChI is InChI=1S/C11H16O4/c1-7(2)15-11(14)9-5-3-4-8(6-9)10(12)13/h4,7,9H,3,5-6H2,1-2H3,(H,12,13). The molecule has 1 N–H and O–H groups in total. The van der Waals surface area contributed by atoms with Gasteiger partial charge in [0.2, 0.25) is 0 Å². The number of carbonyl (C=O) groups excluding carboxylic acids is 1. The molecule has 1 unspecified atom stereocenters. The number of carboxylic acid groups (broad SMARTS) is 1. The molecule has 1 aliphatic rings. The fourth-order valence-corrected chi connectivity index (χ4v) is 1.61. The second-order valence-electron chi connectivity index (χ2n) is 4.00. The number of allylic oxidation sites excluding steroid dienone is 1. The summed E-state index contributed by atoms with van der Waals surface area (Å²) in [6.45, 7) is 3.57. The number of rotatable bonds is 3. The first-order valence-electron chi connectivity index (χ1n) is 5.13. The monoisotopic (exact) mass is 212 g/mol. The van der Waals surface area contributed by atoms with E-state index >= 15 is 0 Å². The second-order valence-corrected chi connectivity index (χ2v) is 4.00. The zero-order valence-corrected chi connectivity index (χ0v) is 9.03. The summed E-state index contributed by atoms with van der Waals surface area (Å²) < 4.78 is 5.06. The molecule has 0 saturated carbocycles. The Hall–Kier alpha value is -1.32. The van der Waals surface area contributed by atoms with Crippen molar-refractivity contribution in [2.75, 3.05) is 0 Å². The van der Waals surface area contributed by atoms with E-state index in [2.05, 4.69) is 0 Å². The first-order valence-corrected chi connectivity index (χ1v) is 5.13. The molecule has 0 radical (unpaired) electrons. The molecule has 0 aromatic carbocycles. The van der Waals surface area contributed by atoms with E-state index in [1.54, 1.807) is 19.9 Å². The van der Waals surface area contributed by atoms with Crippen LogP contribution in [0.2, 0.25) is 0 Å². The van der Waals surface area contributed by atoms with Gasteiger partial charge < -0.3 is 9.84 Å². The van der Waals surface area contributed by atoms with Crippen LogP contribution in [0.4, 0.5) is 0 Å². The second kappa shape index (κ2) is 4.96. The quantitative estimate of drug-likeness (QED) is 0.724. The van der Waals surface area contributed by atoms with E-state index in [1.165, 1.54) is 0 Å². The van der Waals surface area contributed by atoms with Crippen molar-refractivity contribution in [3.05, 3.63) is 11.6 Å². The lowest BCUT2D eigenvalue weighted by atomic mass is 9.89. The lowest BCUT2D eigenvalue weighted by Gasteiger charge is -2.20. The van der Waals surface area contributed by atoms with Crippen LogP contribution in [0, 0.1) is 5.92 Å². The highest BCUT2D eigenvalue weighted by molar-refractivity contribution is 5.88. The summed E-state index contributed by atoms with van der Waals surface area (Å²) in [4.78, 5) is 22.3. The van der Waals surface area contributed by atoms with Crippen molar-refractivity contribution in [3.8, 4) is 0 Å². The summed E-state index contributed by atoms with van der Waals surface area (Å²) >= 11 is 0. The van der Waals surface area contributed by atoms with Gasteiger partial charge in [0.15, 0.2) is 0 Å². The fourth-order valence-electron chi connectivity index (χ4n) is 1.61. The van der Waals surface area contributed by atoms with Crippen LogP contribution in [0.3, 0.4) is 0 Å². The van der Waals surface area contributed by atoms with Crippen LogP contribution < -0.4 is 0 Å². The zero-order valence-electron chi connectivity index (χ0n) is 9.03. The fraction of sp³-hybridized carbons (Fsp3) is 0.636. The highest BCUT2D eigenvalue weighted by Crippen LogP contribution is 2.25. The van der Waals surface area contributed by atoms with Crippen molar-refractivity contribution in [2.45, 2.75) is 39.2 Å². The van der Waals surface area contributed by atoms with Gasteiger partial charge in [0.05, 0.1) is 12.0 Å². The molecule has 0 aromatic heterocycles. The third-order valence-electron chi connectivity index (χ3n) is 2.33. The molecule has 4 nitrogen and oxygen atoms in total. The van der Waals surface area contributed by atoms with Gasteiger partial charge in [-0.05, 0) is 33.1 Å². The van der Waals surface area contributed by atoms with Gasteiger partial charge in [-0.15, -0.1) is 0 Å². The Kier molecular flexibility index (Phi) is 3.88. The number of hydrogen-bond donors (Lipinski definition) is 1. The van der Waals surface area contributed by atoms with E-state index in [0.29, 0.717) is 24.8 Å². The van der Waals surface area contributed by atoms with Crippen LogP contribution in [0.25, 0.3) is 0 Å². The molecule has 1 atom stereocenters. The summed E-state index contributed by atoms with van der Waals surface area (Å²) in [6.07, 6.45) is 3.15. The molecule has 0 fully saturated rings. The summed E-state index contributed by atoms with van der Waals surface area (Å²) in [6, 6.07) is 0. The Morgan fingerprint density at radius 2 is 2.20 bits per heavy atom. The van der Waals surface area contributed by atoms with Crippen LogP contribution in [0.1, 0.15) is 33.1 Å². The lowest BCUT2D eigenvalue weighted by Crippen LogP contribution is -2.24. The van der Waals surface area contributed by atoms with Gasteiger partial charge in [-0.2, -0.15) is 0 Å². The summed E-state index contributed by atoms with van der Waals surface area (Å²) in [5.74, 6) is -1.50. The number of carboxylic acids is 1. The van der Waals surface area contributed by atoms with E-state index in [1.807, 2.05) is 0 Å².